The van der Waals surface area contributed by atoms with Crippen LogP contribution in [0.15, 0.2) is 164 Å². The fourth-order valence-electron chi connectivity index (χ4n) is 8.05. The van der Waals surface area contributed by atoms with Gasteiger partial charge in [-0.1, -0.05) is 140 Å². The van der Waals surface area contributed by atoms with Crippen molar-refractivity contribution in [3.63, 3.8) is 0 Å². The van der Waals surface area contributed by atoms with Crippen molar-refractivity contribution in [2.24, 2.45) is 0 Å². The lowest BCUT2D eigenvalue weighted by Gasteiger charge is -2.22. The predicted molar refractivity (Wildman–Crippen MR) is 225 cm³/mol. The summed E-state index contributed by atoms with van der Waals surface area (Å²) in [7, 11) is 0. The zero-order chi connectivity index (χ0) is 36.0. The van der Waals surface area contributed by atoms with Crippen molar-refractivity contribution in [1.82, 2.24) is 19.5 Å². The molecule has 0 aliphatic heterocycles. The van der Waals surface area contributed by atoms with Crippen LogP contribution >= 0.6 is 11.3 Å². The highest BCUT2D eigenvalue weighted by Crippen LogP contribution is 2.44. The number of allylic oxidation sites excluding steroid dienone is 1. The van der Waals surface area contributed by atoms with E-state index in [1.54, 1.807) is 0 Å². The van der Waals surface area contributed by atoms with E-state index in [-0.39, 0.29) is 5.92 Å². The van der Waals surface area contributed by atoms with Gasteiger partial charge in [0.25, 0.3) is 0 Å². The lowest BCUT2D eigenvalue weighted by atomic mass is 9.92. The van der Waals surface area contributed by atoms with E-state index in [0.29, 0.717) is 0 Å². The van der Waals surface area contributed by atoms with E-state index in [2.05, 4.69) is 163 Å². The van der Waals surface area contributed by atoms with Gasteiger partial charge < -0.3 is 4.57 Å². The molecule has 258 valence electrons. The summed E-state index contributed by atoms with van der Waals surface area (Å²) in [5, 5.41) is 2.43. The molecule has 0 radical (unpaired) electrons. The Hall–Kier alpha value is -6.43. The molecule has 1 aliphatic carbocycles. The first-order valence-electron chi connectivity index (χ1n) is 18.6. The molecule has 4 nitrogen and oxygen atoms in total. The number of hydrogen-bond donors (Lipinski definition) is 0. The summed E-state index contributed by atoms with van der Waals surface area (Å²) in [6.45, 7) is 2.20. The standard InChI is InChI=1S/C49H36N4S/c1-2-38-45(32-16-5-3-6-17-32)51-48(33-18-7-4-8-19-33)52-46(38)36-22-13-20-34(30-36)35-21-14-23-37(31-35)53-43-28-11-9-24-39(43)40-25-15-26-41(47(40)53)49-50-42-27-10-12-29-44(42)54-49/h3-25,27-31,41H,2,26H2,1H3. The van der Waals surface area contributed by atoms with E-state index in [0.717, 1.165) is 79.6 Å². The molecule has 0 spiro atoms. The molecule has 0 fully saturated rings. The third-order valence-electron chi connectivity index (χ3n) is 10.6. The average Bonchev–Trinajstić information content (AvgIpc) is 3.84. The van der Waals surface area contributed by atoms with Gasteiger partial charge in [0.15, 0.2) is 5.82 Å². The van der Waals surface area contributed by atoms with Crippen LogP contribution in [0.5, 0.6) is 0 Å². The number of fused-ring (bicyclic) bond motifs is 4. The predicted octanol–water partition coefficient (Wildman–Crippen LogP) is 12.8. The maximum absolute atomic E-state index is 5.27. The summed E-state index contributed by atoms with van der Waals surface area (Å²) in [6, 6.07) is 55.9. The number of nitrogens with zero attached hydrogens (tertiary/aromatic N) is 4. The monoisotopic (exact) mass is 712 g/mol. The third kappa shape index (κ3) is 5.56. The minimum absolute atomic E-state index is 0.157. The van der Waals surface area contributed by atoms with Crippen molar-refractivity contribution < 1.29 is 0 Å². The van der Waals surface area contributed by atoms with E-state index in [9.17, 15) is 0 Å². The Balaban J connectivity index is 1.12. The summed E-state index contributed by atoms with van der Waals surface area (Å²) < 4.78 is 3.71. The second-order valence-corrected chi connectivity index (χ2v) is 14.9. The second kappa shape index (κ2) is 13.5. The van der Waals surface area contributed by atoms with Gasteiger partial charge >= 0.3 is 0 Å². The van der Waals surface area contributed by atoms with Gasteiger partial charge in [-0.3, -0.25) is 0 Å². The quantitative estimate of drug-likeness (QED) is 0.165. The van der Waals surface area contributed by atoms with Crippen LogP contribution < -0.4 is 0 Å². The average molecular weight is 713 g/mol. The van der Waals surface area contributed by atoms with Crippen molar-refractivity contribution in [2.75, 3.05) is 0 Å². The summed E-state index contributed by atoms with van der Waals surface area (Å²) in [4.78, 5) is 15.6. The Kier molecular flexibility index (Phi) is 8.07. The normalized spacial score (nSPS) is 13.8. The molecule has 0 N–H and O–H groups in total. The molecule has 5 heteroatoms. The Morgan fingerprint density at radius 1 is 0.611 bits per heavy atom. The van der Waals surface area contributed by atoms with Crippen LogP contribution in [0.3, 0.4) is 0 Å². The van der Waals surface area contributed by atoms with Gasteiger partial charge in [0.2, 0.25) is 0 Å². The minimum Gasteiger partial charge on any atom is -0.312 e. The Morgan fingerprint density at radius 3 is 2.06 bits per heavy atom. The van der Waals surface area contributed by atoms with Crippen molar-refractivity contribution in [1.29, 1.82) is 0 Å². The molecule has 0 saturated carbocycles. The fourth-order valence-corrected chi connectivity index (χ4v) is 9.14. The first-order valence-corrected chi connectivity index (χ1v) is 19.4. The highest BCUT2D eigenvalue weighted by molar-refractivity contribution is 7.18. The van der Waals surface area contributed by atoms with E-state index in [1.807, 2.05) is 29.5 Å². The SMILES string of the molecule is CCc1c(-c2ccccc2)nc(-c2ccccc2)nc1-c1cccc(-c2cccc(-n3c4c(c5ccccc53)C=CCC4c3nc4ccccc4s3)c2)c1. The number of benzene rings is 6. The van der Waals surface area contributed by atoms with Crippen LogP contribution in [0.1, 0.15) is 41.1 Å². The molecule has 10 rings (SSSR count). The number of rotatable bonds is 7. The molecule has 3 aromatic heterocycles. The molecule has 1 atom stereocenters. The Morgan fingerprint density at radius 2 is 1.26 bits per heavy atom. The van der Waals surface area contributed by atoms with Crippen molar-refractivity contribution >= 4 is 38.5 Å². The van der Waals surface area contributed by atoms with Gasteiger partial charge in [0, 0.05) is 44.6 Å². The van der Waals surface area contributed by atoms with E-state index in [4.69, 9.17) is 15.0 Å². The minimum atomic E-state index is 0.157. The topological polar surface area (TPSA) is 43.6 Å². The van der Waals surface area contributed by atoms with Crippen molar-refractivity contribution in [2.45, 2.75) is 25.7 Å². The molecule has 1 aliphatic rings. The van der Waals surface area contributed by atoms with Crippen LogP contribution in [0.4, 0.5) is 0 Å². The van der Waals surface area contributed by atoms with Crippen LogP contribution in [0, 0.1) is 0 Å². The van der Waals surface area contributed by atoms with Gasteiger partial charge in [-0.15, -0.1) is 11.3 Å². The van der Waals surface area contributed by atoms with Crippen molar-refractivity contribution in [3.8, 4) is 50.7 Å². The van der Waals surface area contributed by atoms with E-state index in [1.165, 1.54) is 26.9 Å². The molecular formula is C49H36N4S. The van der Waals surface area contributed by atoms with Gasteiger partial charge in [-0.05, 0) is 60.4 Å². The maximum atomic E-state index is 5.27. The van der Waals surface area contributed by atoms with Crippen molar-refractivity contribution in [3.05, 3.63) is 186 Å². The zero-order valence-electron chi connectivity index (χ0n) is 29.9. The summed E-state index contributed by atoms with van der Waals surface area (Å²) in [5.41, 5.74) is 14.6. The second-order valence-electron chi connectivity index (χ2n) is 13.8. The molecule has 54 heavy (non-hydrogen) atoms. The summed E-state index contributed by atoms with van der Waals surface area (Å²) in [6.07, 6.45) is 6.36. The van der Waals surface area contributed by atoms with Crippen LogP contribution in [0.2, 0.25) is 0 Å². The van der Waals surface area contributed by atoms with Crippen LogP contribution in [-0.4, -0.2) is 19.5 Å². The molecule has 0 amide bonds. The summed E-state index contributed by atoms with van der Waals surface area (Å²) in [5.74, 6) is 0.889. The van der Waals surface area contributed by atoms with Gasteiger partial charge in [-0.25, -0.2) is 15.0 Å². The number of aromatic nitrogens is 4. The molecule has 0 bridgehead atoms. The first kappa shape index (κ1) is 32.2. The van der Waals surface area contributed by atoms with E-state index < -0.39 is 0 Å². The lowest BCUT2D eigenvalue weighted by molar-refractivity contribution is 0.759. The molecule has 9 aromatic rings. The van der Waals surface area contributed by atoms with E-state index >= 15 is 0 Å². The summed E-state index contributed by atoms with van der Waals surface area (Å²) >= 11 is 1.81. The van der Waals surface area contributed by atoms with Gasteiger partial charge in [0.05, 0.1) is 33.0 Å². The molecular weight excluding hydrogens is 677 g/mol. The number of para-hydroxylation sites is 2. The third-order valence-corrected chi connectivity index (χ3v) is 11.7. The van der Waals surface area contributed by atoms with Gasteiger partial charge in [-0.2, -0.15) is 0 Å². The van der Waals surface area contributed by atoms with Crippen LogP contribution in [0.25, 0.3) is 77.9 Å². The molecule has 3 heterocycles. The molecule has 0 saturated heterocycles. The highest BCUT2D eigenvalue weighted by Gasteiger charge is 2.29. The smallest absolute Gasteiger partial charge is 0.160 e. The maximum Gasteiger partial charge on any atom is 0.160 e. The lowest BCUT2D eigenvalue weighted by Crippen LogP contribution is -2.11. The number of hydrogen-bond acceptors (Lipinski definition) is 4. The molecule has 6 aromatic carbocycles. The highest BCUT2D eigenvalue weighted by atomic mass is 32.1. The first-order chi connectivity index (χ1) is 26.7. The largest absolute Gasteiger partial charge is 0.312 e. The Labute approximate surface area is 318 Å². The van der Waals surface area contributed by atoms with Gasteiger partial charge in [0.1, 0.15) is 5.01 Å². The molecule has 1 unspecified atom stereocenters. The number of thiazole rings is 1. The fraction of sp³-hybridized carbons (Fsp3) is 0.0816. The zero-order valence-corrected chi connectivity index (χ0v) is 30.7. The Bertz CT molecular complexity index is 2820. The van der Waals surface area contributed by atoms with Crippen LogP contribution in [-0.2, 0) is 6.42 Å².